The maximum atomic E-state index is 11.6. The number of piperidine rings is 1. The SMILES string of the molecule is COC(=O)CCN1CCCC(C)C1=O. The van der Waals surface area contributed by atoms with E-state index >= 15 is 0 Å². The highest BCUT2D eigenvalue weighted by molar-refractivity contribution is 5.79. The predicted octanol–water partition coefficient (Wildman–Crippen LogP) is 0.808. The first-order valence-electron chi connectivity index (χ1n) is 5.00. The van der Waals surface area contributed by atoms with Crippen LogP contribution in [-0.4, -0.2) is 37.0 Å². The van der Waals surface area contributed by atoms with Crippen LogP contribution in [0.3, 0.4) is 0 Å². The minimum absolute atomic E-state index is 0.112. The van der Waals surface area contributed by atoms with Crippen molar-refractivity contribution in [2.75, 3.05) is 20.2 Å². The number of amides is 1. The van der Waals surface area contributed by atoms with E-state index in [1.54, 1.807) is 4.90 Å². The van der Waals surface area contributed by atoms with Gasteiger partial charge in [-0.25, -0.2) is 0 Å². The number of hydrogen-bond donors (Lipinski definition) is 0. The zero-order chi connectivity index (χ0) is 10.6. The van der Waals surface area contributed by atoms with Crippen molar-refractivity contribution in [3.05, 3.63) is 0 Å². The van der Waals surface area contributed by atoms with Crippen molar-refractivity contribution < 1.29 is 14.3 Å². The minimum atomic E-state index is -0.254. The van der Waals surface area contributed by atoms with Gasteiger partial charge in [-0.1, -0.05) is 6.92 Å². The van der Waals surface area contributed by atoms with Gasteiger partial charge in [0.2, 0.25) is 5.91 Å². The molecule has 0 bridgehead atoms. The van der Waals surface area contributed by atoms with Crippen LogP contribution in [0.1, 0.15) is 26.2 Å². The largest absolute Gasteiger partial charge is 0.469 e. The molecule has 80 valence electrons. The summed E-state index contributed by atoms with van der Waals surface area (Å²) in [6.07, 6.45) is 2.30. The second-order valence-electron chi connectivity index (χ2n) is 3.69. The number of ether oxygens (including phenoxy) is 1. The fourth-order valence-electron chi connectivity index (χ4n) is 1.68. The molecule has 1 saturated heterocycles. The summed E-state index contributed by atoms with van der Waals surface area (Å²) in [5, 5.41) is 0. The Hall–Kier alpha value is -1.06. The average Bonchev–Trinajstić information content (AvgIpc) is 2.20. The number of rotatable bonds is 3. The monoisotopic (exact) mass is 199 g/mol. The fourth-order valence-corrected chi connectivity index (χ4v) is 1.68. The molecule has 4 heteroatoms. The summed E-state index contributed by atoms with van der Waals surface area (Å²) >= 11 is 0. The number of methoxy groups -OCH3 is 1. The van der Waals surface area contributed by atoms with Gasteiger partial charge in [0.1, 0.15) is 0 Å². The van der Waals surface area contributed by atoms with Gasteiger partial charge in [0.15, 0.2) is 0 Å². The van der Waals surface area contributed by atoms with Gasteiger partial charge in [-0.2, -0.15) is 0 Å². The van der Waals surface area contributed by atoms with E-state index in [0.29, 0.717) is 13.0 Å². The highest BCUT2D eigenvalue weighted by atomic mass is 16.5. The van der Waals surface area contributed by atoms with Gasteiger partial charge in [0.05, 0.1) is 13.5 Å². The Labute approximate surface area is 84.2 Å². The molecule has 0 aromatic carbocycles. The van der Waals surface area contributed by atoms with Crippen LogP contribution in [0.4, 0.5) is 0 Å². The van der Waals surface area contributed by atoms with Crippen LogP contribution in [0.15, 0.2) is 0 Å². The minimum Gasteiger partial charge on any atom is -0.469 e. The van der Waals surface area contributed by atoms with Crippen molar-refractivity contribution in [2.45, 2.75) is 26.2 Å². The number of esters is 1. The summed E-state index contributed by atoms with van der Waals surface area (Å²) in [6.45, 7) is 3.21. The fraction of sp³-hybridized carbons (Fsp3) is 0.800. The van der Waals surface area contributed by atoms with Crippen LogP contribution < -0.4 is 0 Å². The summed E-state index contributed by atoms with van der Waals surface area (Å²) in [5.41, 5.74) is 0. The van der Waals surface area contributed by atoms with Crippen LogP contribution in [-0.2, 0) is 14.3 Å². The highest BCUT2D eigenvalue weighted by Crippen LogP contribution is 2.17. The van der Waals surface area contributed by atoms with Gasteiger partial charge in [-0.3, -0.25) is 9.59 Å². The Balaban J connectivity index is 2.36. The Morgan fingerprint density at radius 1 is 1.64 bits per heavy atom. The maximum absolute atomic E-state index is 11.6. The van der Waals surface area contributed by atoms with Crippen LogP contribution in [0.2, 0.25) is 0 Å². The van der Waals surface area contributed by atoms with Crippen LogP contribution in [0.25, 0.3) is 0 Å². The molecule has 1 heterocycles. The number of carbonyl (C=O) groups excluding carboxylic acids is 2. The smallest absolute Gasteiger partial charge is 0.307 e. The molecule has 0 aliphatic carbocycles. The first-order valence-corrected chi connectivity index (χ1v) is 5.00. The lowest BCUT2D eigenvalue weighted by Crippen LogP contribution is -2.41. The Kier molecular flexibility index (Phi) is 3.92. The molecule has 1 fully saturated rings. The Bertz CT molecular complexity index is 227. The Morgan fingerprint density at radius 2 is 2.36 bits per heavy atom. The molecule has 0 saturated carbocycles. The third-order valence-corrected chi connectivity index (χ3v) is 2.61. The first kappa shape index (κ1) is 11.0. The lowest BCUT2D eigenvalue weighted by atomic mass is 9.99. The normalized spacial score (nSPS) is 22.3. The zero-order valence-electron chi connectivity index (χ0n) is 8.78. The maximum Gasteiger partial charge on any atom is 0.307 e. The third-order valence-electron chi connectivity index (χ3n) is 2.61. The molecular formula is C10H17NO3. The van der Waals surface area contributed by atoms with Gasteiger partial charge in [-0.15, -0.1) is 0 Å². The van der Waals surface area contributed by atoms with Gasteiger partial charge in [0, 0.05) is 19.0 Å². The van der Waals surface area contributed by atoms with Crippen molar-refractivity contribution in [3.8, 4) is 0 Å². The summed E-state index contributed by atoms with van der Waals surface area (Å²) in [5.74, 6) is 0.0255. The van der Waals surface area contributed by atoms with Crippen molar-refractivity contribution in [3.63, 3.8) is 0 Å². The molecule has 1 unspecified atom stereocenters. The molecule has 0 radical (unpaired) electrons. The molecule has 0 aromatic rings. The van der Waals surface area contributed by atoms with E-state index in [4.69, 9.17) is 0 Å². The highest BCUT2D eigenvalue weighted by Gasteiger charge is 2.24. The van der Waals surface area contributed by atoms with Gasteiger partial charge < -0.3 is 9.64 Å². The quantitative estimate of drug-likeness (QED) is 0.632. The summed E-state index contributed by atoms with van der Waals surface area (Å²) < 4.78 is 4.53. The summed E-state index contributed by atoms with van der Waals surface area (Å²) in [4.78, 5) is 24.2. The molecule has 0 N–H and O–H groups in total. The molecule has 4 nitrogen and oxygen atoms in total. The second kappa shape index (κ2) is 4.98. The molecule has 0 spiro atoms. The van der Waals surface area contributed by atoms with Crippen molar-refractivity contribution in [2.24, 2.45) is 5.92 Å². The zero-order valence-corrected chi connectivity index (χ0v) is 8.78. The number of carbonyl (C=O) groups is 2. The lowest BCUT2D eigenvalue weighted by molar-refractivity contribution is -0.143. The molecule has 1 aliphatic rings. The van der Waals surface area contributed by atoms with Crippen LogP contribution in [0, 0.1) is 5.92 Å². The Morgan fingerprint density at radius 3 is 3.00 bits per heavy atom. The van der Waals surface area contributed by atoms with E-state index < -0.39 is 0 Å². The standard InChI is InChI=1S/C10H17NO3/c1-8-4-3-6-11(10(8)13)7-5-9(12)14-2/h8H,3-7H2,1-2H3. The van der Waals surface area contributed by atoms with E-state index in [9.17, 15) is 9.59 Å². The first-order chi connectivity index (χ1) is 6.65. The average molecular weight is 199 g/mol. The van der Waals surface area contributed by atoms with Gasteiger partial charge >= 0.3 is 5.97 Å². The summed E-state index contributed by atoms with van der Waals surface area (Å²) in [6, 6.07) is 0. The van der Waals surface area contributed by atoms with Crippen molar-refractivity contribution in [1.82, 2.24) is 4.90 Å². The van der Waals surface area contributed by atoms with Crippen LogP contribution >= 0.6 is 0 Å². The summed E-state index contributed by atoms with van der Waals surface area (Å²) in [7, 11) is 1.36. The molecule has 1 rings (SSSR count). The molecular weight excluding hydrogens is 182 g/mol. The third kappa shape index (κ3) is 2.72. The second-order valence-corrected chi connectivity index (χ2v) is 3.69. The van der Waals surface area contributed by atoms with Crippen molar-refractivity contribution >= 4 is 11.9 Å². The predicted molar refractivity (Wildman–Crippen MR) is 51.6 cm³/mol. The van der Waals surface area contributed by atoms with E-state index in [1.807, 2.05) is 6.92 Å². The van der Waals surface area contributed by atoms with E-state index in [1.165, 1.54) is 7.11 Å². The number of nitrogens with zero attached hydrogens (tertiary/aromatic N) is 1. The number of likely N-dealkylation sites (tertiary alicyclic amines) is 1. The van der Waals surface area contributed by atoms with Crippen molar-refractivity contribution in [1.29, 1.82) is 0 Å². The van der Waals surface area contributed by atoms with E-state index in [0.717, 1.165) is 19.4 Å². The lowest BCUT2D eigenvalue weighted by Gasteiger charge is -2.30. The molecule has 1 atom stereocenters. The van der Waals surface area contributed by atoms with E-state index in [2.05, 4.69) is 4.74 Å². The molecule has 14 heavy (non-hydrogen) atoms. The number of hydrogen-bond acceptors (Lipinski definition) is 3. The van der Waals surface area contributed by atoms with E-state index in [-0.39, 0.29) is 17.8 Å². The van der Waals surface area contributed by atoms with Crippen LogP contribution in [0.5, 0.6) is 0 Å². The molecule has 0 aromatic heterocycles. The molecule has 1 aliphatic heterocycles. The van der Waals surface area contributed by atoms with Gasteiger partial charge in [0.25, 0.3) is 0 Å². The molecule has 1 amide bonds. The topological polar surface area (TPSA) is 46.6 Å². The van der Waals surface area contributed by atoms with Gasteiger partial charge in [-0.05, 0) is 12.8 Å².